The standard InChI is InChI=1S/C17H24ClFN6O2S2.2ClH/c18-11-8-16(29(26,27)24-17-10-23-25-28-17)12(19)9-15(11)22-7-2-1-6-21-14-5-3-4-13(14)20;;/h8-10,13-14,21-22,24H,1-7,20H2;2*1H/t13-,14?;;/m1../s1. The average molecular weight is 536 g/mol. The topological polar surface area (TPSA) is 122 Å². The van der Waals surface area contributed by atoms with Crippen molar-refractivity contribution in [3.8, 4) is 0 Å². The quantitative estimate of drug-likeness (QED) is 0.343. The number of sulfonamides is 1. The molecule has 0 bridgehead atoms. The van der Waals surface area contributed by atoms with Gasteiger partial charge in [0.05, 0.1) is 16.9 Å². The summed E-state index contributed by atoms with van der Waals surface area (Å²) in [6.07, 6.45) is 6.41. The third-order valence-electron chi connectivity index (χ3n) is 4.80. The minimum atomic E-state index is -4.12. The van der Waals surface area contributed by atoms with Crippen LogP contribution in [0.15, 0.2) is 23.2 Å². The zero-order valence-corrected chi connectivity index (χ0v) is 20.5. The van der Waals surface area contributed by atoms with Gasteiger partial charge in [-0.3, -0.25) is 4.72 Å². The molecule has 1 aliphatic carbocycles. The van der Waals surface area contributed by atoms with Gasteiger partial charge in [-0.1, -0.05) is 22.5 Å². The lowest BCUT2D eigenvalue weighted by molar-refractivity contribution is 0.468. The molecule has 1 heterocycles. The molecule has 0 saturated heterocycles. The molecule has 0 aliphatic heterocycles. The van der Waals surface area contributed by atoms with E-state index in [9.17, 15) is 12.8 Å². The van der Waals surface area contributed by atoms with Crippen LogP contribution in [0.2, 0.25) is 5.02 Å². The number of nitrogens with one attached hydrogen (secondary N) is 3. The van der Waals surface area contributed by atoms with Crippen molar-refractivity contribution in [3.05, 3.63) is 29.2 Å². The van der Waals surface area contributed by atoms with Crippen LogP contribution in [0.4, 0.5) is 15.1 Å². The fourth-order valence-electron chi connectivity index (χ4n) is 3.27. The number of unbranched alkanes of at least 4 members (excludes halogenated alkanes) is 1. The molecule has 8 nitrogen and oxygen atoms in total. The summed E-state index contributed by atoms with van der Waals surface area (Å²) in [7, 11) is -4.12. The van der Waals surface area contributed by atoms with Gasteiger partial charge in [-0.2, -0.15) is 0 Å². The molecule has 0 radical (unpaired) electrons. The van der Waals surface area contributed by atoms with E-state index in [2.05, 4.69) is 24.9 Å². The Morgan fingerprint density at radius 2 is 1.97 bits per heavy atom. The Morgan fingerprint density at radius 3 is 2.61 bits per heavy atom. The Labute approximate surface area is 202 Å². The number of rotatable bonds is 10. The third kappa shape index (κ3) is 7.85. The number of anilines is 2. The largest absolute Gasteiger partial charge is 0.384 e. The molecular weight excluding hydrogens is 510 g/mol. The van der Waals surface area contributed by atoms with Crippen LogP contribution in [-0.4, -0.2) is 43.2 Å². The fraction of sp³-hybridized carbons (Fsp3) is 0.529. The molecule has 1 fully saturated rings. The number of nitrogens with two attached hydrogens (primary N) is 1. The van der Waals surface area contributed by atoms with E-state index in [1.165, 1.54) is 12.6 Å². The SMILES string of the molecule is Cl.Cl.N[C@@H]1CCCC1NCCCCNc1cc(F)c(S(=O)(=O)Nc2cnns2)cc1Cl. The highest BCUT2D eigenvalue weighted by Crippen LogP contribution is 2.29. The minimum Gasteiger partial charge on any atom is -0.384 e. The van der Waals surface area contributed by atoms with E-state index in [-0.39, 0.29) is 40.9 Å². The lowest BCUT2D eigenvalue weighted by Crippen LogP contribution is -2.41. The van der Waals surface area contributed by atoms with Gasteiger partial charge in [-0.05, 0) is 44.4 Å². The van der Waals surface area contributed by atoms with E-state index >= 15 is 0 Å². The molecule has 0 spiro atoms. The van der Waals surface area contributed by atoms with Crippen LogP contribution >= 0.6 is 47.9 Å². The van der Waals surface area contributed by atoms with Crippen molar-refractivity contribution < 1.29 is 12.8 Å². The minimum absolute atomic E-state index is 0. The molecule has 5 N–H and O–H groups in total. The number of benzene rings is 1. The van der Waals surface area contributed by atoms with Gasteiger partial charge in [0.25, 0.3) is 10.0 Å². The van der Waals surface area contributed by atoms with E-state index in [0.717, 1.165) is 55.9 Å². The maximum absolute atomic E-state index is 14.4. The molecule has 2 atom stereocenters. The van der Waals surface area contributed by atoms with Crippen molar-refractivity contribution in [2.45, 2.75) is 49.1 Å². The highest BCUT2D eigenvalue weighted by Gasteiger charge is 2.23. The van der Waals surface area contributed by atoms with Gasteiger partial charge in [0.1, 0.15) is 15.7 Å². The Hall–Kier alpha value is -0.950. The van der Waals surface area contributed by atoms with E-state index in [1.807, 2.05) is 0 Å². The van der Waals surface area contributed by atoms with Crippen LogP contribution in [0.3, 0.4) is 0 Å². The van der Waals surface area contributed by atoms with Crippen LogP contribution in [0, 0.1) is 5.82 Å². The van der Waals surface area contributed by atoms with Crippen LogP contribution in [0.25, 0.3) is 0 Å². The Kier molecular flexibility index (Phi) is 11.7. The van der Waals surface area contributed by atoms with E-state index < -0.39 is 20.7 Å². The second-order valence-corrected chi connectivity index (χ2v) is 9.78. The summed E-state index contributed by atoms with van der Waals surface area (Å²) in [4.78, 5) is -0.529. The maximum Gasteiger partial charge on any atom is 0.265 e. The molecule has 1 unspecified atom stereocenters. The number of nitrogens with zero attached hydrogens (tertiary/aromatic N) is 2. The zero-order valence-electron chi connectivity index (χ0n) is 16.5. The number of hydrogen-bond acceptors (Lipinski definition) is 8. The van der Waals surface area contributed by atoms with Crippen molar-refractivity contribution in [1.82, 2.24) is 14.9 Å². The van der Waals surface area contributed by atoms with Crippen LogP contribution in [-0.2, 0) is 10.0 Å². The Balaban J connectivity index is 0.00000240. The smallest absolute Gasteiger partial charge is 0.265 e. The molecule has 3 rings (SSSR count). The van der Waals surface area contributed by atoms with Crippen LogP contribution in [0.1, 0.15) is 32.1 Å². The van der Waals surface area contributed by atoms with Crippen molar-refractivity contribution >= 4 is 68.7 Å². The summed E-state index contributed by atoms with van der Waals surface area (Å²) >= 11 is 7.01. The van der Waals surface area contributed by atoms with Crippen molar-refractivity contribution in [2.24, 2.45) is 5.73 Å². The predicted octanol–water partition coefficient (Wildman–Crippen LogP) is 3.64. The summed E-state index contributed by atoms with van der Waals surface area (Å²) in [5.41, 5.74) is 6.38. The highest BCUT2D eigenvalue weighted by atomic mass is 35.5. The normalized spacial score (nSPS) is 18.2. The molecule has 2 aromatic rings. The second-order valence-electron chi connectivity index (χ2n) is 6.94. The van der Waals surface area contributed by atoms with Gasteiger partial charge in [0.15, 0.2) is 0 Å². The molecule has 1 aromatic carbocycles. The number of aromatic nitrogens is 2. The van der Waals surface area contributed by atoms with Gasteiger partial charge in [0, 0.05) is 30.2 Å². The molecule has 31 heavy (non-hydrogen) atoms. The van der Waals surface area contributed by atoms with Gasteiger partial charge < -0.3 is 16.4 Å². The number of hydrogen-bond donors (Lipinski definition) is 4. The first-order chi connectivity index (χ1) is 13.9. The van der Waals surface area contributed by atoms with E-state index in [0.29, 0.717) is 18.3 Å². The molecule has 0 amide bonds. The van der Waals surface area contributed by atoms with E-state index in [1.54, 1.807) is 0 Å². The molecule has 176 valence electrons. The van der Waals surface area contributed by atoms with Gasteiger partial charge in [-0.25, -0.2) is 12.8 Å². The predicted molar refractivity (Wildman–Crippen MR) is 128 cm³/mol. The first-order valence-electron chi connectivity index (χ1n) is 9.39. The van der Waals surface area contributed by atoms with Gasteiger partial charge in [0.2, 0.25) is 0 Å². The van der Waals surface area contributed by atoms with Crippen molar-refractivity contribution in [3.63, 3.8) is 0 Å². The van der Waals surface area contributed by atoms with Crippen molar-refractivity contribution in [1.29, 1.82) is 0 Å². The maximum atomic E-state index is 14.4. The summed E-state index contributed by atoms with van der Waals surface area (Å²) in [6, 6.07) is 2.83. The zero-order chi connectivity index (χ0) is 20.9. The molecule has 1 aromatic heterocycles. The van der Waals surface area contributed by atoms with E-state index in [4.69, 9.17) is 17.3 Å². The summed E-state index contributed by atoms with van der Waals surface area (Å²) in [5.74, 6) is -0.890. The Morgan fingerprint density at radius 1 is 1.23 bits per heavy atom. The fourth-order valence-corrected chi connectivity index (χ4v) is 5.34. The average Bonchev–Trinajstić information content (AvgIpc) is 3.31. The summed E-state index contributed by atoms with van der Waals surface area (Å²) in [5, 5.41) is 10.4. The molecule has 1 saturated carbocycles. The van der Waals surface area contributed by atoms with Crippen LogP contribution < -0.4 is 21.1 Å². The first-order valence-corrected chi connectivity index (χ1v) is 12.0. The molecule has 1 aliphatic rings. The molecular formula is C17H26Cl3FN6O2S2. The monoisotopic (exact) mass is 534 g/mol. The number of halogens is 4. The highest BCUT2D eigenvalue weighted by molar-refractivity contribution is 7.93. The first kappa shape index (κ1) is 28.1. The lowest BCUT2D eigenvalue weighted by atomic mass is 10.2. The van der Waals surface area contributed by atoms with Gasteiger partial charge in [-0.15, -0.1) is 29.9 Å². The molecule has 14 heteroatoms. The van der Waals surface area contributed by atoms with Gasteiger partial charge >= 0.3 is 0 Å². The van der Waals surface area contributed by atoms with Crippen LogP contribution in [0.5, 0.6) is 0 Å². The van der Waals surface area contributed by atoms with Crippen molar-refractivity contribution in [2.75, 3.05) is 23.1 Å². The second kappa shape index (κ2) is 12.9. The lowest BCUT2D eigenvalue weighted by Gasteiger charge is -2.17. The Bertz CT molecular complexity index is 921. The summed E-state index contributed by atoms with van der Waals surface area (Å²) < 4.78 is 44.9. The third-order valence-corrected chi connectivity index (χ3v) is 7.20. The summed E-state index contributed by atoms with van der Waals surface area (Å²) in [6.45, 7) is 1.46.